The Kier molecular flexibility index (Phi) is 4.55. The van der Waals surface area contributed by atoms with Crippen molar-refractivity contribution in [3.8, 4) is 0 Å². The molecule has 1 aliphatic rings. The lowest BCUT2D eigenvalue weighted by Gasteiger charge is -2.31. The number of aliphatic hydroxyl groups is 1. The summed E-state index contributed by atoms with van der Waals surface area (Å²) < 4.78 is 13.0. The summed E-state index contributed by atoms with van der Waals surface area (Å²) in [5, 5.41) is 9.69. The van der Waals surface area contributed by atoms with Crippen LogP contribution in [0.5, 0.6) is 0 Å². The minimum atomic E-state index is -0.285. The quantitative estimate of drug-likeness (QED) is 0.875. The summed E-state index contributed by atoms with van der Waals surface area (Å²) >= 11 is 0. The van der Waals surface area contributed by atoms with E-state index in [9.17, 15) is 9.50 Å². The second-order valence-electron chi connectivity index (χ2n) is 5.64. The SMILES string of the molecule is CC(N)C(c1ccc(F)cc1)N1CCC(C(C)O)C1. The molecule has 1 heterocycles. The van der Waals surface area contributed by atoms with Crippen LogP contribution in [0.2, 0.25) is 0 Å². The maximum Gasteiger partial charge on any atom is 0.123 e. The van der Waals surface area contributed by atoms with Crippen LogP contribution in [0.1, 0.15) is 31.9 Å². The van der Waals surface area contributed by atoms with E-state index in [-0.39, 0.29) is 24.0 Å². The average molecular weight is 266 g/mol. The lowest BCUT2D eigenvalue weighted by molar-refractivity contribution is 0.119. The molecule has 0 radical (unpaired) electrons. The van der Waals surface area contributed by atoms with E-state index >= 15 is 0 Å². The van der Waals surface area contributed by atoms with Crippen molar-refractivity contribution in [3.63, 3.8) is 0 Å². The van der Waals surface area contributed by atoms with Crippen LogP contribution in [-0.2, 0) is 0 Å². The summed E-state index contributed by atoms with van der Waals surface area (Å²) in [5.74, 6) is 0.0807. The van der Waals surface area contributed by atoms with E-state index in [1.807, 2.05) is 13.8 Å². The van der Waals surface area contributed by atoms with Gasteiger partial charge in [-0.25, -0.2) is 4.39 Å². The Morgan fingerprint density at radius 2 is 1.95 bits per heavy atom. The highest BCUT2D eigenvalue weighted by molar-refractivity contribution is 5.21. The van der Waals surface area contributed by atoms with Crippen molar-refractivity contribution in [1.29, 1.82) is 0 Å². The van der Waals surface area contributed by atoms with Crippen LogP contribution in [0.25, 0.3) is 0 Å². The Morgan fingerprint density at radius 3 is 2.42 bits per heavy atom. The van der Waals surface area contributed by atoms with Crippen molar-refractivity contribution in [2.24, 2.45) is 11.7 Å². The van der Waals surface area contributed by atoms with E-state index in [0.717, 1.165) is 25.1 Å². The fourth-order valence-corrected chi connectivity index (χ4v) is 2.97. The predicted octanol–water partition coefficient (Wildman–Crippen LogP) is 1.92. The van der Waals surface area contributed by atoms with Gasteiger partial charge in [0.25, 0.3) is 0 Å². The van der Waals surface area contributed by atoms with E-state index < -0.39 is 0 Å². The van der Waals surface area contributed by atoms with E-state index in [2.05, 4.69) is 4.90 Å². The molecule has 4 atom stereocenters. The minimum Gasteiger partial charge on any atom is -0.393 e. The molecule has 0 aliphatic carbocycles. The van der Waals surface area contributed by atoms with Gasteiger partial charge in [-0.2, -0.15) is 0 Å². The molecule has 2 rings (SSSR count). The van der Waals surface area contributed by atoms with Gasteiger partial charge in [0.05, 0.1) is 6.10 Å². The number of likely N-dealkylation sites (tertiary alicyclic amines) is 1. The van der Waals surface area contributed by atoms with Gasteiger partial charge in [0.1, 0.15) is 5.82 Å². The minimum absolute atomic E-state index is 0.0294. The topological polar surface area (TPSA) is 49.5 Å². The molecule has 1 aromatic carbocycles. The second kappa shape index (κ2) is 5.99. The molecule has 0 saturated carbocycles. The monoisotopic (exact) mass is 266 g/mol. The molecule has 3 N–H and O–H groups in total. The Bertz CT molecular complexity index is 405. The van der Waals surface area contributed by atoms with Crippen molar-refractivity contribution < 1.29 is 9.50 Å². The van der Waals surface area contributed by atoms with E-state index in [4.69, 9.17) is 5.73 Å². The van der Waals surface area contributed by atoms with Gasteiger partial charge >= 0.3 is 0 Å². The highest BCUT2D eigenvalue weighted by Gasteiger charge is 2.32. The molecule has 0 spiro atoms. The van der Waals surface area contributed by atoms with Crippen LogP contribution in [-0.4, -0.2) is 35.2 Å². The molecular formula is C15H23FN2O. The number of benzene rings is 1. The van der Waals surface area contributed by atoms with Gasteiger partial charge in [-0.1, -0.05) is 12.1 Å². The van der Waals surface area contributed by atoms with Gasteiger partial charge in [-0.15, -0.1) is 0 Å². The molecule has 19 heavy (non-hydrogen) atoms. The maximum absolute atomic E-state index is 13.0. The lowest BCUT2D eigenvalue weighted by atomic mass is 9.99. The zero-order chi connectivity index (χ0) is 14.0. The van der Waals surface area contributed by atoms with Crippen LogP contribution in [0, 0.1) is 11.7 Å². The second-order valence-corrected chi connectivity index (χ2v) is 5.64. The molecule has 0 bridgehead atoms. The van der Waals surface area contributed by atoms with Gasteiger partial charge in [-0.3, -0.25) is 4.90 Å². The van der Waals surface area contributed by atoms with Gasteiger partial charge in [0.2, 0.25) is 0 Å². The van der Waals surface area contributed by atoms with Crippen molar-refractivity contribution in [1.82, 2.24) is 4.90 Å². The molecule has 4 heteroatoms. The van der Waals surface area contributed by atoms with Crippen LogP contribution < -0.4 is 5.73 Å². The first-order valence-electron chi connectivity index (χ1n) is 6.92. The molecule has 1 aromatic rings. The summed E-state index contributed by atoms with van der Waals surface area (Å²) in [4.78, 5) is 2.30. The third-order valence-electron chi connectivity index (χ3n) is 4.04. The zero-order valence-electron chi connectivity index (χ0n) is 11.6. The first-order valence-corrected chi connectivity index (χ1v) is 6.92. The van der Waals surface area contributed by atoms with Crippen LogP contribution in [0.15, 0.2) is 24.3 Å². The Labute approximate surface area is 114 Å². The number of nitrogens with two attached hydrogens (primary N) is 1. The first kappa shape index (κ1) is 14.4. The van der Waals surface area contributed by atoms with Gasteiger partial charge in [0, 0.05) is 18.6 Å². The van der Waals surface area contributed by atoms with E-state index in [1.165, 1.54) is 12.1 Å². The van der Waals surface area contributed by atoms with Crippen LogP contribution in [0.4, 0.5) is 4.39 Å². The number of rotatable bonds is 4. The largest absolute Gasteiger partial charge is 0.393 e. The lowest BCUT2D eigenvalue weighted by Crippen LogP contribution is -2.38. The van der Waals surface area contributed by atoms with Crippen molar-refractivity contribution in [2.75, 3.05) is 13.1 Å². The third-order valence-corrected chi connectivity index (χ3v) is 4.04. The molecule has 106 valence electrons. The summed E-state index contributed by atoms with van der Waals surface area (Å²) in [6.07, 6.45) is 0.703. The summed E-state index contributed by atoms with van der Waals surface area (Å²) in [5.41, 5.74) is 7.15. The van der Waals surface area contributed by atoms with E-state index in [1.54, 1.807) is 12.1 Å². The molecule has 0 amide bonds. The van der Waals surface area contributed by atoms with Gasteiger partial charge < -0.3 is 10.8 Å². The zero-order valence-corrected chi connectivity index (χ0v) is 11.6. The number of halogens is 1. The molecular weight excluding hydrogens is 243 g/mol. The Balaban J connectivity index is 2.15. The number of hydrogen-bond donors (Lipinski definition) is 2. The fourth-order valence-electron chi connectivity index (χ4n) is 2.97. The third kappa shape index (κ3) is 3.32. The first-order chi connectivity index (χ1) is 8.99. The highest BCUT2D eigenvalue weighted by Crippen LogP contribution is 2.30. The summed E-state index contributed by atoms with van der Waals surface area (Å²) in [6.45, 7) is 5.59. The van der Waals surface area contributed by atoms with Crippen molar-refractivity contribution >= 4 is 0 Å². The molecule has 4 unspecified atom stereocenters. The van der Waals surface area contributed by atoms with Crippen molar-refractivity contribution in [2.45, 2.75) is 38.5 Å². The Hall–Kier alpha value is -0.970. The summed E-state index contributed by atoms with van der Waals surface area (Å²) in [7, 11) is 0. The van der Waals surface area contributed by atoms with E-state index in [0.29, 0.717) is 5.92 Å². The molecule has 1 fully saturated rings. The predicted molar refractivity (Wildman–Crippen MR) is 74.2 cm³/mol. The molecule has 1 aliphatic heterocycles. The summed E-state index contributed by atoms with van der Waals surface area (Å²) in [6, 6.07) is 6.63. The van der Waals surface area contributed by atoms with Crippen LogP contribution >= 0.6 is 0 Å². The number of hydrogen-bond acceptors (Lipinski definition) is 3. The van der Waals surface area contributed by atoms with Gasteiger partial charge in [-0.05, 0) is 50.4 Å². The molecule has 0 aromatic heterocycles. The fraction of sp³-hybridized carbons (Fsp3) is 0.600. The maximum atomic E-state index is 13.0. The number of aliphatic hydroxyl groups excluding tert-OH is 1. The number of nitrogens with zero attached hydrogens (tertiary/aromatic N) is 1. The molecule has 3 nitrogen and oxygen atoms in total. The standard InChI is InChI=1S/C15H23FN2O/c1-10(17)15(12-3-5-14(16)6-4-12)18-8-7-13(9-18)11(2)19/h3-6,10-11,13,15,19H,7-9,17H2,1-2H3. The van der Waals surface area contributed by atoms with Gasteiger partial charge in [0.15, 0.2) is 0 Å². The Morgan fingerprint density at radius 1 is 1.32 bits per heavy atom. The van der Waals surface area contributed by atoms with Crippen LogP contribution in [0.3, 0.4) is 0 Å². The van der Waals surface area contributed by atoms with Crippen molar-refractivity contribution in [3.05, 3.63) is 35.6 Å². The average Bonchev–Trinajstić information content (AvgIpc) is 2.81. The smallest absolute Gasteiger partial charge is 0.123 e. The molecule has 1 saturated heterocycles. The highest BCUT2D eigenvalue weighted by atomic mass is 19.1. The normalized spacial score (nSPS) is 25.2.